The molecule has 0 aliphatic rings. The molecule has 6 nitrogen and oxygen atoms in total. The third-order valence-electron chi connectivity index (χ3n) is 1.93. The topological polar surface area (TPSA) is 76.1 Å². The van der Waals surface area contributed by atoms with Gasteiger partial charge in [-0.2, -0.15) is 0 Å². The number of amides is 1. The summed E-state index contributed by atoms with van der Waals surface area (Å²) in [6.07, 6.45) is 1.37. The zero-order chi connectivity index (χ0) is 12.7. The van der Waals surface area contributed by atoms with Crippen LogP contribution in [-0.2, 0) is 4.74 Å². The second-order valence-electron chi connectivity index (χ2n) is 3.84. The Kier molecular flexibility index (Phi) is 5.35. The fourth-order valence-corrected chi connectivity index (χ4v) is 1.21. The van der Waals surface area contributed by atoms with Gasteiger partial charge in [0.1, 0.15) is 17.8 Å². The first-order valence-electron chi connectivity index (χ1n) is 5.49. The van der Waals surface area contributed by atoms with Crippen LogP contribution in [0.4, 0.5) is 5.82 Å². The fourth-order valence-electron chi connectivity index (χ4n) is 1.21. The molecule has 1 rings (SSSR count). The second-order valence-corrected chi connectivity index (χ2v) is 3.84. The number of nitrogens with zero attached hydrogens (tertiary/aromatic N) is 2. The Labute approximate surface area is 101 Å². The molecule has 0 aromatic carbocycles. The molecule has 1 aromatic heterocycles. The minimum Gasteiger partial charge on any atom is -0.383 e. The van der Waals surface area contributed by atoms with Crippen molar-refractivity contribution in [2.45, 2.75) is 19.9 Å². The number of ether oxygens (including phenoxy) is 1. The molecule has 0 fully saturated rings. The van der Waals surface area contributed by atoms with E-state index in [-0.39, 0.29) is 11.9 Å². The highest BCUT2D eigenvalue weighted by atomic mass is 16.5. The summed E-state index contributed by atoms with van der Waals surface area (Å²) in [5, 5.41) is 5.81. The van der Waals surface area contributed by atoms with Crippen molar-refractivity contribution < 1.29 is 9.53 Å². The quantitative estimate of drug-likeness (QED) is 0.712. The van der Waals surface area contributed by atoms with Gasteiger partial charge in [-0.05, 0) is 13.8 Å². The number of hydrogen-bond donors (Lipinski definition) is 2. The second kappa shape index (κ2) is 6.80. The zero-order valence-corrected chi connectivity index (χ0v) is 10.4. The maximum absolute atomic E-state index is 11.7. The maximum Gasteiger partial charge on any atom is 0.270 e. The van der Waals surface area contributed by atoms with Gasteiger partial charge >= 0.3 is 0 Å². The average Bonchev–Trinajstić information content (AvgIpc) is 2.28. The minimum atomic E-state index is -0.226. The van der Waals surface area contributed by atoms with Gasteiger partial charge in [0.15, 0.2) is 0 Å². The van der Waals surface area contributed by atoms with E-state index in [1.54, 1.807) is 13.2 Å². The molecule has 0 atom stereocenters. The van der Waals surface area contributed by atoms with Crippen LogP contribution in [0.15, 0.2) is 12.4 Å². The van der Waals surface area contributed by atoms with Crippen LogP contribution in [0, 0.1) is 0 Å². The van der Waals surface area contributed by atoms with Gasteiger partial charge in [-0.15, -0.1) is 0 Å². The molecular formula is C11H18N4O2. The molecule has 0 aliphatic heterocycles. The first-order chi connectivity index (χ1) is 8.13. The van der Waals surface area contributed by atoms with Gasteiger partial charge in [0.2, 0.25) is 0 Å². The predicted molar refractivity (Wildman–Crippen MR) is 65.0 cm³/mol. The highest BCUT2D eigenvalue weighted by Gasteiger charge is 2.08. The maximum atomic E-state index is 11.7. The molecule has 6 heteroatoms. The van der Waals surface area contributed by atoms with Crippen LogP contribution in [0.25, 0.3) is 0 Å². The number of nitrogens with one attached hydrogen (secondary N) is 2. The Balaban J connectivity index is 2.60. The third kappa shape index (κ3) is 4.78. The number of carbonyl (C=O) groups excluding carboxylic acids is 1. The van der Waals surface area contributed by atoms with Crippen molar-refractivity contribution in [2.24, 2.45) is 0 Å². The van der Waals surface area contributed by atoms with E-state index in [0.717, 1.165) is 0 Å². The Bertz CT molecular complexity index is 368. The number of rotatable bonds is 6. The molecule has 0 spiro atoms. The number of methoxy groups -OCH3 is 1. The number of anilines is 1. The van der Waals surface area contributed by atoms with E-state index in [2.05, 4.69) is 20.6 Å². The lowest BCUT2D eigenvalue weighted by molar-refractivity contribution is 0.0932. The Morgan fingerprint density at radius 3 is 2.88 bits per heavy atom. The molecule has 0 bridgehead atoms. The summed E-state index contributed by atoms with van der Waals surface area (Å²) in [6.45, 7) is 4.95. The van der Waals surface area contributed by atoms with Crippen molar-refractivity contribution in [2.75, 3.05) is 25.6 Å². The van der Waals surface area contributed by atoms with Crippen LogP contribution in [0.1, 0.15) is 24.3 Å². The van der Waals surface area contributed by atoms with E-state index >= 15 is 0 Å². The number of aromatic nitrogens is 2. The van der Waals surface area contributed by atoms with Gasteiger partial charge in [-0.25, -0.2) is 9.97 Å². The highest BCUT2D eigenvalue weighted by Crippen LogP contribution is 2.05. The lowest BCUT2D eigenvalue weighted by Gasteiger charge is -2.09. The Hall–Kier alpha value is -1.69. The summed E-state index contributed by atoms with van der Waals surface area (Å²) in [5.74, 6) is 0.420. The smallest absolute Gasteiger partial charge is 0.270 e. The molecule has 94 valence electrons. The molecule has 1 heterocycles. The van der Waals surface area contributed by atoms with Crippen LogP contribution in [0.5, 0.6) is 0 Å². The van der Waals surface area contributed by atoms with Gasteiger partial charge in [-0.3, -0.25) is 4.79 Å². The fraction of sp³-hybridized carbons (Fsp3) is 0.545. The van der Waals surface area contributed by atoms with Gasteiger partial charge in [0.05, 0.1) is 6.61 Å². The van der Waals surface area contributed by atoms with Crippen LogP contribution < -0.4 is 10.6 Å². The molecule has 1 amide bonds. The van der Waals surface area contributed by atoms with Gasteiger partial charge in [-0.1, -0.05) is 0 Å². The van der Waals surface area contributed by atoms with E-state index in [1.165, 1.54) is 6.33 Å². The largest absolute Gasteiger partial charge is 0.383 e. The number of hydrogen-bond acceptors (Lipinski definition) is 5. The lowest BCUT2D eigenvalue weighted by Crippen LogP contribution is -2.28. The molecule has 0 radical (unpaired) electrons. The van der Waals surface area contributed by atoms with Crippen LogP contribution in [-0.4, -0.2) is 42.2 Å². The van der Waals surface area contributed by atoms with Crippen molar-refractivity contribution in [3.05, 3.63) is 18.1 Å². The molecule has 0 aliphatic carbocycles. The van der Waals surface area contributed by atoms with Gasteiger partial charge in [0, 0.05) is 25.8 Å². The lowest BCUT2D eigenvalue weighted by atomic mass is 10.3. The summed E-state index contributed by atoms with van der Waals surface area (Å²) >= 11 is 0. The minimum absolute atomic E-state index is 0.226. The molecular weight excluding hydrogens is 220 g/mol. The monoisotopic (exact) mass is 238 g/mol. The van der Waals surface area contributed by atoms with Crippen molar-refractivity contribution in [1.29, 1.82) is 0 Å². The third-order valence-corrected chi connectivity index (χ3v) is 1.93. The standard InChI is InChI=1S/C11H18N4O2/c1-8(2)15-10-6-9(13-7-14-10)11(16)12-4-5-17-3/h6-8H,4-5H2,1-3H3,(H,12,16)(H,13,14,15). The van der Waals surface area contributed by atoms with Crippen LogP contribution in [0.2, 0.25) is 0 Å². The molecule has 0 unspecified atom stereocenters. The molecule has 0 saturated heterocycles. The van der Waals surface area contributed by atoms with E-state index < -0.39 is 0 Å². The molecule has 1 aromatic rings. The Morgan fingerprint density at radius 2 is 2.24 bits per heavy atom. The van der Waals surface area contributed by atoms with E-state index in [1.807, 2.05) is 13.8 Å². The molecule has 17 heavy (non-hydrogen) atoms. The average molecular weight is 238 g/mol. The predicted octanol–water partition coefficient (Wildman–Crippen LogP) is 0.673. The van der Waals surface area contributed by atoms with Gasteiger partial charge < -0.3 is 15.4 Å². The Morgan fingerprint density at radius 1 is 1.47 bits per heavy atom. The first kappa shape index (κ1) is 13.4. The summed E-state index contributed by atoms with van der Waals surface area (Å²) in [4.78, 5) is 19.6. The number of carbonyl (C=O) groups is 1. The van der Waals surface area contributed by atoms with Crippen LogP contribution in [0.3, 0.4) is 0 Å². The van der Waals surface area contributed by atoms with E-state index in [9.17, 15) is 4.79 Å². The molecule has 2 N–H and O–H groups in total. The van der Waals surface area contributed by atoms with Crippen molar-refractivity contribution in [3.8, 4) is 0 Å². The SMILES string of the molecule is COCCNC(=O)c1cc(NC(C)C)ncn1. The van der Waals surface area contributed by atoms with E-state index in [0.29, 0.717) is 24.7 Å². The van der Waals surface area contributed by atoms with Gasteiger partial charge in [0.25, 0.3) is 5.91 Å². The normalized spacial score (nSPS) is 10.4. The van der Waals surface area contributed by atoms with E-state index in [4.69, 9.17) is 4.74 Å². The van der Waals surface area contributed by atoms with Crippen molar-refractivity contribution in [1.82, 2.24) is 15.3 Å². The summed E-state index contributed by atoms with van der Waals surface area (Å²) in [7, 11) is 1.58. The van der Waals surface area contributed by atoms with Crippen molar-refractivity contribution >= 4 is 11.7 Å². The summed E-state index contributed by atoms with van der Waals surface area (Å²) in [5.41, 5.74) is 0.347. The first-order valence-corrected chi connectivity index (χ1v) is 5.49. The zero-order valence-electron chi connectivity index (χ0n) is 10.4. The van der Waals surface area contributed by atoms with Crippen molar-refractivity contribution in [3.63, 3.8) is 0 Å². The summed E-state index contributed by atoms with van der Waals surface area (Å²) in [6, 6.07) is 1.89. The summed E-state index contributed by atoms with van der Waals surface area (Å²) < 4.78 is 4.84. The highest BCUT2D eigenvalue weighted by molar-refractivity contribution is 5.92. The molecule has 0 saturated carbocycles. The van der Waals surface area contributed by atoms with Crippen LogP contribution >= 0.6 is 0 Å².